The van der Waals surface area contributed by atoms with Crippen molar-refractivity contribution in [1.29, 1.82) is 0 Å². The molecule has 1 rings (SSSR count). The number of carbonyl (C=O) groups is 1. The number of benzene rings is 1. The van der Waals surface area contributed by atoms with Gasteiger partial charge in [-0.25, -0.2) is 9.18 Å². The minimum atomic E-state index is -1.06. The molecule has 0 bridgehead atoms. The third-order valence-corrected chi connectivity index (χ3v) is 2.68. The lowest BCUT2D eigenvalue weighted by atomic mass is 10.2. The first kappa shape index (κ1) is 16.0. The maximum atomic E-state index is 13.7. The van der Waals surface area contributed by atoms with Crippen molar-refractivity contribution in [2.75, 3.05) is 6.61 Å². The molecule has 0 atom stereocenters. The lowest BCUT2D eigenvalue weighted by molar-refractivity contribution is -0.131. The number of hydrogen-bond acceptors (Lipinski definition) is 2. The molecular formula is C16H19FO3. The van der Waals surface area contributed by atoms with Crippen LogP contribution in [0.25, 0.3) is 6.08 Å². The van der Waals surface area contributed by atoms with Crippen molar-refractivity contribution >= 4 is 12.0 Å². The zero-order chi connectivity index (χ0) is 14.8. The summed E-state index contributed by atoms with van der Waals surface area (Å²) < 4.78 is 19.0. The molecule has 0 radical (unpaired) electrons. The van der Waals surface area contributed by atoms with Crippen molar-refractivity contribution in [3.8, 4) is 5.75 Å². The number of allylic oxidation sites excluding steroid dienone is 1. The Morgan fingerprint density at radius 2 is 2.15 bits per heavy atom. The van der Waals surface area contributed by atoms with E-state index in [1.807, 2.05) is 6.08 Å². The minimum absolute atomic E-state index is 0.196. The summed E-state index contributed by atoms with van der Waals surface area (Å²) >= 11 is 0. The molecule has 0 aliphatic rings. The highest BCUT2D eigenvalue weighted by atomic mass is 19.1. The van der Waals surface area contributed by atoms with Crippen molar-refractivity contribution in [2.45, 2.75) is 25.7 Å². The lowest BCUT2D eigenvalue weighted by Gasteiger charge is -2.07. The van der Waals surface area contributed by atoms with Gasteiger partial charge >= 0.3 is 5.97 Å². The standard InChI is InChI=1S/C16H19FO3/c1-2-3-4-5-6-11-20-15-9-7-13(12-14(15)17)8-10-16(18)19/h2,7-10,12H,1,3-6,11H2,(H,18,19)/b10-8+. The Hall–Kier alpha value is -2.10. The fraction of sp³-hybridized carbons (Fsp3) is 0.312. The smallest absolute Gasteiger partial charge is 0.328 e. The summed E-state index contributed by atoms with van der Waals surface area (Å²) in [6, 6.07) is 4.39. The fourth-order valence-corrected chi connectivity index (χ4v) is 1.65. The Morgan fingerprint density at radius 1 is 1.35 bits per heavy atom. The average Bonchev–Trinajstić information content (AvgIpc) is 2.42. The number of carboxylic acid groups (broad SMARTS) is 1. The lowest BCUT2D eigenvalue weighted by Crippen LogP contribution is -1.99. The van der Waals surface area contributed by atoms with Crippen LogP contribution in [0.4, 0.5) is 4.39 Å². The van der Waals surface area contributed by atoms with Gasteiger partial charge in [-0.05, 0) is 49.5 Å². The molecule has 108 valence electrons. The molecule has 0 heterocycles. The van der Waals surface area contributed by atoms with Crippen LogP contribution < -0.4 is 4.74 Å². The first-order valence-electron chi connectivity index (χ1n) is 6.57. The van der Waals surface area contributed by atoms with Gasteiger partial charge < -0.3 is 9.84 Å². The normalized spacial score (nSPS) is 10.7. The quantitative estimate of drug-likeness (QED) is 0.421. The second kappa shape index (κ2) is 8.91. The molecule has 0 saturated carbocycles. The van der Waals surface area contributed by atoms with Gasteiger partial charge in [0.1, 0.15) is 0 Å². The van der Waals surface area contributed by atoms with Crippen LogP contribution in [-0.4, -0.2) is 17.7 Å². The van der Waals surface area contributed by atoms with Crippen molar-refractivity contribution in [3.63, 3.8) is 0 Å². The number of aliphatic carboxylic acids is 1. The van der Waals surface area contributed by atoms with E-state index in [2.05, 4.69) is 6.58 Å². The molecule has 20 heavy (non-hydrogen) atoms. The highest BCUT2D eigenvalue weighted by Crippen LogP contribution is 2.19. The Bertz CT molecular complexity index is 481. The van der Waals surface area contributed by atoms with Crippen LogP contribution in [0.15, 0.2) is 36.9 Å². The molecule has 0 saturated heterocycles. The van der Waals surface area contributed by atoms with E-state index in [0.717, 1.165) is 31.8 Å². The largest absolute Gasteiger partial charge is 0.491 e. The number of unbranched alkanes of at least 4 members (excludes halogenated alkanes) is 3. The fourth-order valence-electron chi connectivity index (χ4n) is 1.65. The molecule has 0 spiro atoms. The van der Waals surface area contributed by atoms with Crippen LogP contribution in [0.5, 0.6) is 5.75 Å². The SMILES string of the molecule is C=CCCCCCOc1ccc(/C=C/C(=O)O)cc1F. The zero-order valence-corrected chi connectivity index (χ0v) is 11.3. The van der Waals surface area contributed by atoms with Crippen LogP contribution in [0.3, 0.4) is 0 Å². The van der Waals surface area contributed by atoms with E-state index in [1.165, 1.54) is 18.2 Å². The summed E-state index contributed by atoms with van der Waals surface area (Å²) in [5.41, 5.74) is 0.489. The molecule has 4 heteroatoms. The highest BCUT2D eigenvalue weighted by molar-refractivity contribution is 5.85. The second-order valence-electron chi connectivity index (χ2n) is 4.35. The number of halogens is 1. The van der Waals surface area contributed by atoms with Crippen molar-refractivity contribution in [1.82, 2.24) is 0 Å². The number of rotatable bonds is 9. The van der Waals surface area contributed by atoms with Gasteiger partial charge in [-0.15, -0.1) is 6.58 Å². The first-order chi connectivity index (χ1) is 9.63. The molecule has 0 aliphatic carbocycles. The van der Waals surface area contributed by atoms with Gasteiger partial charge in [-0.3, -0.25) is 0 Å². The molecule has 1 aromatic carbocycles. The molecule has 3 nitrogen and oxygen atoms in total. The van der Waals surface area contributed by atoms with Crippen molar-refractivity contribution in [2.24, 2.45) is 0 Å². The first-order valence-corrected chi connectivity index (χ1v) is 6.57. The number of ether oxygens (including phenoxy) is 1. The molecule has 1 aromatic rings. The topological polar surface area (TPSA) is 46.5 Å². The van der Waals surface area contributed by atoms with Crippen LogP contribution in [-0.2, 0) is 4.79 Å². The molecule has 0 amide bonds. The Morgan fingerprint density at radius 3 is 2.80 bits per heavy atom. The van der Waals surface area contributed by atoms with Gasteiger partial charge in [0.05, 0.1) is 6.61 Å². The van der Waals surface area contributed by atoms with Gasteiger partial charge in [-0.1, -0.05) is 12.1 Å². The summed E-state index contributed by atoms with van der Waals surface area (Å²) in [5.74, 6) is -1.35. The van der Waals surface area contributed by atoms with E-state index < -0.39 is 11.8 Å². The van der Waals surface area contributed by atoms with Gasteiger partial charge in [0, 0.05) is 6.08 Å². The third-order valence-electron chi connectivity index (χ3n) is 2.68. The summed E-state index contributed by atoms with van der Waals surface area (Å²) in [5, 5.41) is 8.49. The molecule has 0 unspecified atom stereocenters. The molecule has 0 aromatic heterocycles. The van der Waals surface area contributed by atoms with Crippen LogP contribution >= 0.6 is 0 Å². The van der Waals surface area contributed by atoms with E-state index in [0.29, 0.717) is 12.2 Å². The molecule has 0 aliphatic heterocycles. The van der Waals surface area contributed by atoms with E-state index in [1.54, 1.807) is 6.07 Å². The summed E-state index contributed by atoms with van der Waals surface area (Å²) in [4.78, 5) is 10.4. The molecule has 0 fully saturated rings. The Labute approximate surface area is 118 Å². The minimum Gasteiger partial charge on any atom is -0.491 e. The molecule has 1 N–H and O–H groups in total. The zero-order valence-electron chi connectivity index (χ0n) is 11.3. The predicted molar refractivity (Wildman–Crippen MR) is 77.2 cm³/mol. The Kier molecular flexibility index (Phi) is 7.11. The Balaban J connectivity index is 2.43. The van der Waals surface area contributed by atoms with Crippen molar-refractivity contribution in [3.05, 3.63) is 48.3 Å². The van der Waals surface area contributed by atoms with E-state index >= 15 is 0 Å². The van der Waals surface area contributed by atoms with E-state index in [-0.39, 0.29) is 5.75 Å². The third kappa shape index (κ3) is 6.18. The van der Waals surface area contributed by atoms with Crippen molar-refractivity contribution < 1.29 is 19.0 Å². The van der Waals surface area contributed by atoms with E-state index in [4.69, 9.17) is 9.84 Å². The number of hydrogen-bond donors (Lipinski definition) is 1. The number of carboxylic acids is 1. The predicted octanol–water partition coefficient (Wildman–Crippen LogP) is 4.05. The average molecular weight is 278 g/mol. The van der Waals surface area contributed by atoms with E-state index in [9.17, 15) is 9.18 Å². The monoisotopic (exact) mass is 278 g/mol. The highest BCUT2D eigenvalue weighted by Gasteiger charge is 2.03. The van der Waals surface area contributed by atoms with Crippen LogP contribution in [0.1, 0.15) is 31.2 Å². The maximum absolute atomic E-state index is 13.7. The summed E-state index contributed by atoms with van der Waals surface area (Å²) in [6.45, 7) is 4.12. The summed E-state index contributed by atoms with van der Waals surface area (Å²) in [6.07, 6.45) is 8.12. The van der Waals surface area contributed by atoms with Crippen LogP contribution in [0, 0.1) is 5.82 Å². The van der Waals surface area contributed by atoms with Gasteiger partial charge in [-0.2, -0.15) is 0 Å². The summed E-state index contributed by atoms with van der Waals surface area (Å²) in [7, 11) is 0. The second-order valence-corrected chi connectivity index (χ2v) is 4.35. The molecular weight excluding hydrogens is 259 g/mol. The van der Waals surface area contributed by atoms with Gasteiger partial charge in [0.25, 0.3) is 0 Å². The van der Waals surface area contributed by atoms with Gasteiger partial charge in [0.2, 0.25) is 0 Å². The van der Waals surface area contributed by atoms with Gasteiger partial charge in [0.15, 0.2) is 11.6 Å². The maximum Gasteiger partial charge on any atom is 0.328 e. The van der Waals surface area contributed by atoms with Crippen LogP contribution in [0.2, 0.25) is 0 Å².